The molecule has 0 spiro atoms. The van der Waals surface area contributed by atoms with E-state index in [9.17, 15) is 13.2 Å². The van der Waals surface area contributed by atoms with Crippen molar-refractivity contribution in [1.82, 2.24) is 0 Å². The first-order valence-corrected chi connectivity index (χ1v) is 4.66. The first-order valence-electron chi connectivity index (χ1n) is 4.66. The molecule has 0 N–H and O–H groups in total. The second-order valence-corrected chi connectivity index (χ2v) is 3.33. The molecule has 0 aromatic heterocycles. The summed E-state index contributed by atoms with van der Waals surface area (Å²) >= 11 is 0. The Morgan fingerprint density at radius 2 is 2.06 bits per heavy atom. The van der Waals surface area contributed by atoms with E-state index in [1.165, 1.54) is 6.07 Å². The van der Waals surface area contributed by atoms with Gasteiger partial charge in [0, 0.05) is 0 Å². The van der Waals surface area contributed by atoms with E-state index in [1.807, 2.05) is 6.07 Å². The number of rotatable bonds is 2. The maximum Gasteiger partial charge on any atom is 0.416 e. The number of hydrogen-bond acceptors (Lipinski definition) is 1. The van der Waals surface area contributed by atoms with Gasteiger partial charge in [0.05, 0.1) is 18.1 Å². The van der Waals surface area contributed by atoms with Gasteiger partial charge in [-0.25, -0.2) is 0 Å². The third kappa shape index (κ3) is 3.13. The Balaban J connectivity index is 2.97. The lowest BCUT2D eigenvalue weighted by Gasteiger charge is -2.08. The molecule has 1 nitrogen and oxygen atoms in total. The highest BCUT2D eigenvalue weighted by molar-refractivity contribution is 5.54. The van der Waals surface area contributed by atoms with E-state index in [0.29, 0.717) is 11.1 Å². The highest BCUT2D eigenvalue weighted by Crippen LogP contribution is 2.30. The lowest BCUT2D eigenvalue weighted by atomic mass is 10.0. The molecule has 1 aromatic rings. The number of halogens is 3. The zero-order chi connectivity index (χ0) is 12.2. The molecule has 4 heteroatoms. The largest absolute Gasteiger partial charge is 0.416 e. The van der Waals surface area contributed by atoms with Crippen LogP contribution in [-0.4, -0.2) is 0 Å². The van der Waals surface area contributed by atoms with Crippen molar-refractivity contribution in [2.75, 3.05) is 0 Å². The van der Waals surface area contributed by atoms with Crippen molar-refractivity contribution >= 4 is 6.08 Å². The lowest BCUT2D eigenvalue weighted by Crippen LogP contribution is -2.05. The number of nitriles is 1. The number of aryl methyl sites for hydroxylation is 1. The quantitative estimate of drug-likeness (QED) is 0.747. The predicted octanol–water partition coefficient (Wildman–Crippen LogP) is 3.94. The summed E-state index contributed by atoms with van der Waals surface area (Å²) in [4.78, 5) is 0. The van der Waals surface area contributed by atoms with Crippen LogP contribution in [0.25, 0.3) is 6.08 Å². The van der Waals surface area contributed by atoms with Gasteiger partial charge in [-0.3, -0.25) is 0 Å². The summed E-state index contributed by atoms with van der Waals surface area (Å²) in [6, 6.07) is 5.48. The van der Waals surface area contributed by atoms with E-state index in [2.05, 4.69) is 0 Å². The van der Waals surface area contributed by atoms with Crippen LogP contribution in [0.2, 0.25) is 0 Å². The van der Waals surface area contributed by atoms with Gasteiger partial charge in [0.25, 0.3) is 0 Å². The molecule has 0 saturated carbocycles. The van der Waals surface area contributed by atoms with E-state index in [-0.39, 0.29) is 6.42 Å². The fourth-order valence-electron chi connectivity index (χ4n) is 1.28. The summed E-state index contributed by atoms with van der Waals surface area (Å²) in [5.41, 5.74) is 0.592. The zero-order valence-electron chi connectivity index (χ0n) is 8.67. The van der Waals surface area contributed by atoms with Crippen LogP contribution in [-0.2, 0) is 6.18 Å². The summed E-state index contributed by atoms with van der Waals surface area (Å²) in [5, 5.41) is 8.31. The number of nitrogens with zero attached hydrogens (tertiary/aromatic N) is 1. The first kappa shape index (κ1) is 12.3. The van der Waals surface area contributed by atoms with Gasteiger partial charge in [0.1, 0.15) is 0 Å². The summed E-state index contributed by atoms with van der Waals surface area (Å²) in [6.07, 6.45) is -0.783. The minimum absolute atomic E-state index is 0.250. The Morgan fingerprint density at radius 3 is 2.56 bits per heavy atom. The van der Waals surface area contributed by atoms with Crippen molar-refractivity contribution in [3.63, 3.8) is 0 Å². The van der Waals surface area contributed by atoms with Crippen molar-refractivity contribution in [1.29, 1.82) is 5.26 Å². The molecular formula is C12H10F3N. The Bertz CT molecular complexity index is 439. The molecule has 0 saturated heterocycles. The standard InChI is InChI=1S/C12H10F3N/c1-9-8-11(12(13,14)15)6-5-10(9)4-2-3-7-16/h2,4-6,8H,3H2,1H3. The van der Waals surface area contributed by atoms with E-state index >= 15 is 0 Å². The third-order valence-corrected chi connectivity index (χ3v) is 2.10. The van der Waals surface area contributed by atoms with Crippen molar-refractivity contribution in [2.45, 2.75) is 19.5 Å². The van der Waals surface area contributed by atoms with Gasteiger partial charge in [-0.15, -0.1) is 0 Å². The fourth-order valence-corrected chi connectivity index (χ4v) is 1.28. The molecule has 84 valence electrons. The summed E-state index contributed by atoms with van der Waals surface area (Å²) < 4.78 is 37.0. The van der Waals surface area contributed by atoms with Crippen molar-refractivity contribution in [3.05, 3.63) is 41.0 Å². The zero-order valence-corrected chi connectivity index (χ0v) is 8.67. The molecule has 0 aliphatic rings. The van der Waals surface area contributed by atoms with E-state index in [0.717, 1.165) is 12.1 Å². The molecule has 0 amide bonds. The fraction of sp³-hybridized carbons (Fsp3) is 0.250. The van der Waals surface area contributed by atoms with Crippen LogP contribution in [0.5, 0.6) is 0 Å². The Morgan fingerprint density at radius 1 is 1.38 bits per heavy atom. The Hall–Kier alpha value is -1.76. The maximum absolute atomic E-state index is 12.3. The SMILES string of the molecule is Cc1cc(C(F)(F)F)ccc1C=CCC#N. The summed E-state index contributed by atoms with van der Waals surface area (Å²) in [7, 11) is 0. The molecule has 1 aromatic carbocycles. The summed E-state index contributed by atoms with van der Waals surface area (Å²) in [5.74, 6) is 0. The van der Waals surface area contributed by atoms with Crippen LogP contribution in [0.4, 0.5) is 13.2 Å². The van der Waals surface area contributed by atoms with Crippen molar-refractivity contribution in [2.24, 2.45) is 0 Å². The van der Waals surface area contributed by atoms with E-state index in [1.54, 1.807) is 19.1 Å². The average molecular weight is 225 g/mol. The van der Waals surface area contributed by atoms with Gasteiger partial charge in [-0.05, 0) is 30.2 Å². The number of hydrogen-bond donors (Lipinski definition) is 0. The van der Waals surface area contributed by atoms with Crippen LogP contribution in [0.3, 0.4) is 0 Å². The van der Waals surface area contributed by atoms with Gasteiger partial charge in [-0.1, -0.05) is 18.2 Å². The molecule has 0 aliphatic heterocycles. The smallest absolute Gasteiger partial charge is 0.198 e. The second-order valence-electron chi connectivity index (χ2n) is 3.33. The monoisotopic (exact) mass is 225 g/mol. The van der Waals surface area contributed by atoms with Gasteiger partial charge in [-0.2, -0.15) is 18.4 Å². The normalized spacial score (nSPS) is 11.7. The van der Waals surface area contributed by atoms with Gasteiger partial charge < -0.3 is 0 Å². The molecule has 0 heterocycles. The number of allylic oxidation sites excluding steroid dienone is 1. The topological polar surface area (TPSA) is 23.8 Å². The third-order valence-electron chi connectivity index (χ3n) is 2.10. The van der Waals surface area contributed by atoms with Gasteiger partial charge in [0.2, 0.25) is 0 Å². The molecule has 0 fully saturated rings. The summed E-state index contributed by atoms with van der Waals surface area (Å²) in [6.45, 7) is 1.61. The molecule has 0 radical (unpaired) electrons. The van der Waals surface area contributed by atoms with Crippen LogP contribution in [0, 0.1) is 18.3 Å². The molecular weight excluding hydrogens is 215 g/mol. The molecule has 16 heavy (non-hydrogen) atoms. The Labute approximate surface area is 91.8 Å². The minimum Gasteiger partial charge on any atom is -0.198 e. The van der Waals surface area contributed by atoms with Crippen LogP contribution >= 0.6 is 0 Å². The average Bonchev–Trinajstić information content (AvgIpc) is 2.19. The first-order chi connectivity index (χ1) is 7.45. The second kappa shape index (κ2) is 4.84. The highest BCUT2D eigenvalue weighted by Gasteiger charge is 2.30. The van der Waals surface area contributed by atoms with E-state index in [4.69, 9.17) is 5.26 Å². The Kier molecular flexibility index (Phi) is 3.73. The number of benzene rings is 1. The molecule has 1 rings (SSSR count). The molecule has 0 bridgehead atoms. The van der Waals surface area contributed by atoms with Crippen molar-refractivity contribution < 1.29 is 13.2 Å². The highest BCUT2D eigenvalue weighted by atomic mass is 19.4. The van der Waals surface area contributed by atoms with Crippen LogP contribution < -0.4 is 0 Å². The number of alkyl halides is 3. The van der Waals surface area contributed by atoms with Crippen LogP contribution in [0.1, 0.15) is 23.1 Å². The van der Waals surface area contributed by atoms with Gasteiger partial charge >= 0.3 is 6.18 Å². The minimum atomic E-state index is -4.31. The molecule has 0 aliphatic carbocycles. The lowest BCUT2D eigenvalue weighted by molar-refractivity contribution is -0.137. The maximum atomic E-state index is 12.3. The molecule has 0 atom stereocenters. The van der Waals surface area contributed by atoms with Crippen LogP contribution in [0.15, 0.2) is 24.3 Å². The van der Waals surface area contributed by atoms with Crippen molar-refractivity contribution in [3.8, 4) is 6.07 Å². The predicted molar refractivity (Wildman–Crippen MR) is 55.4 cm³/mol. The molecule has 0 unspecified atom stereocenters. The van der Waals surface area contributed by atoms with E-state index < -0.39 is 11.7 Å². The van der Waals surface area contributed by atoms with Gasteiger partial charge in [0.15, 0.2) is 0 Å².